The number of hydrogen-bond acceptors (Lipinski definition) is 5. The van der Waals surface area contributed by atoms with Gasteiger partial charge in [0.25, 0.3) is 5.92 Å². The van der Waals surface area contributed by atoms with Gasteiger partial charge in [0.15, 0.2) is 0 Å². The van der Waals surface area contributed by atoms with Gasteiger partial charge in [-0.2, -0.15) is 5.26 Å². The molecule has 6 atom stereocenters. The number of benzene rings is 1. The Morgan fingerprint density at radius 2 is 2.05 bits per heavy atom. The minimum atomic E-state index is -3.11. The molecule has 2 bridgehead atoms. The van der Waals surface area contributed by atoms with Crippen molar-refractivity contribution in [2.24, 2.45) is 17.8 Å². The molecule has 3 saturated heterocycles. The van der Waals surface area contributed by atoms with Crippen molar-refractivity contribution in [1.82, 2.24) is 15.5 Å². The number of nitriles is 1. The van der Waals surface area contributed by atoms with Crippen LogP contribution in [0.5, 0.6) is 0 Å². The van der Waals surface area contributed by atoms with Crippen LogP contribution >= 0.6 is 11.6 Å². The van der Waals surface area contributed by atoms with Gasteiger partial charge in [0, 0.05) is 35.6 Å². The third-order valence-corrected chi connectivity index (χ3v) is 8.02. The Balaban J connectivity index is 1.59. The predicted molar refractivity (Wildman–Crippen MR) is 138 cm³/mol. The van der Waals surface area contributed by atoms with Crippen molar-refractivity contribution in [2.75, 3.05) is 11.9 Å². The van der Waals surface area contributed by atoms with Crippen molar-refractivity contribution in [3.63, 3.8) is 0 Å². The summed E-state index contributed by atoms with van der Waals surface area (Å²) in [5.74, 6) is -6.18. The van der Waals surface area contributed by atoms with E-state index in [1.54, 1.807) is 24.3 Å². The second-order valence-electron chi connectivity index (χ2n) is 11.0. The number of piperidine rings is 2. The van der Waals surface area contributed by atoms with Crippen molar-refractivity contribution >= 4 is 35.0 Å². The average Bonchev–Trinajstić information content (AvgIpc) is 3.25. The second-order valence-corrected chi connectivity index (χ2v) is 11.5. The zero-order valence-corrected chi connectivity index (χ0v) is 22.3. The van der Waals surface area contributed by atoms with E-state index in [4.69, 9.17) is 11.6 Å². The first-order valence-corrected chi connectivity index (χ1v) is 13.6. The van der Waals surface area contributed by atoms with E-state index in [0.29, 0.717) is 36.5 Å². The number of amides is 3. The zero-order valence-electron chi connectivity index (χ0n) is 21.6. The van der Waals surface area contributed by atoms with E-state index >= 15 is 8.78 Å². The minimum Gasteiger partial charge on any atom is -0.374 e. The molecule has 3 N–H and O–H groups in total. The van der Waals surface area contributed by atoms with Crippen LogP contribution in [0.25, 0.3) is 0 Å². The lowest BCUT2D eigenvalue weighted by Gasteiger charge is -2.54. The van der Waals surface area contributed by atoms with Crippen LogP contribution in [0.3, 0.4) is 0 Å². The molecule has 3 amide bonds. The van der Waals surface area contributed by atoms with Crippen LogP contribution in [0.1, 0.15) is 52.4 Å². The largest absolute Gasteiger partial charge is 0.374 e. The van der Waals surface area contributed by atoms with Gasteiger partial charge in [-0.3, -0.25) is 14.4 Å². The van der Waals surface area contributed by atoms with Gasteiger partial charge in [0.1, 0.15) is 18.1 Å². The fourth-order valence-electron chi connectivity index (χ4n) is 6.03. The number of fused-ring (bicyclic) bond motifs is 3. The Morgan fingerprint density at radius 1 is 1.29 bits per heavy atom. The summed E-state index contributed by atoms with van der Waals surface area (Å²) in [6, 6.07) is 4.89. The Kier molecular flexibility index (Phi) is 8.46. The van der Waals surface area contributed by atoms with Gasteiger partial charge in [-0.05, 0) is 56.2 Å². The SMILES string of the molecule is CC(C)C[C@@H](Nc1cccc(Cl)c1)C(=O)N1[C@H]2CC[C@@H]([C@H]1C(=O)N[C@H](C#N)C[C@@H]1CCNC1=O)C(F)(F)C2. The fraction of sp³-hybridized carbons (Fsp3) is 0.630. The maximum atomic E-state index is 15.1. The molecule has 1 aromatic carbocycles. The molecule has 5 rings (SSSR count). The average molecular weight is 550 g/mol. The molecule has 4 fully saturated rings. The lowest BCUT2D eigenvalue weighted by Crippen LogP contribution is -2.70. The first-order valence-electron chi connectivity index (χ1n) is 13.2. The van der Waals surface area contributed by atoms with Gasteiger partial charge in [-0.15, -0.1) is 0 Å². The van der Waals surface area contributed by atoms with Gasteiger partial charge >= 0.3 is 0 Å². The Morgan fingerprint density at radius 3 is 2.66 bits per heavy atom. The molecule has 4 aliphatic rings. The third kappa shape index (κ3) is 6.04. The lowest BCUT2D eigenvalue weighted by molar-refractivity contribution is -0.194. The molecule has 1 aromatic rings. The van der Waals surface area contributed by atoms with Crippen LogP contribution < -0.4 is 16.0 Å². The van der Waals surface area contributed by atoms with E-state index in [-0.39, 0.29) is 24.7 Å². The van der Waals surface area contributed by atoms with Gasteiger partial charge in [0.05, 0.1) is 12.0 Å². The number of carbonyl (C=O) groups excluding carboxylic acids is 3. The third-order valence-electron chi connectivity index (χ3n) is 7.78. The topological polar surface area (TPSA) is 114 Å². The van der Waals surface area contributed by atoms with Crippen LogP contribution in [0.2, 0.25) is 5.02 Å². The predicted octanol–water partition coefficient (Wildman–Crippen LogP) is 3.72. The fourth-order valence-corrected chi connectivity index (χ4v) is 6.22. The van der Waals surface area contributed by atoms with Crippen molar-refractivity contribution in [1.29, 1.82) is 5.26 Å². The van der Waals surface area contributed by atoms with Gasteiger partial charge in [-0.25, -0.2) is 8.78 Å². The maximum Gasteiger partial charge on any atom is 0.255 e. The molecule has 0 aromatic heterocycles. The van der Waals surface area contributed by atoms with Crippen molar-refractivity contribution in [2.45, 2.75) is 82.5 Å². The van der Waals surface area contributed by atoms with E-state index in [1.165, 1.54) is 4.90 Å². The number of nitrogens with zero attached hydrogens (tertiary/aromatic N) is 2. The Labute approximate surface area is 226 Å². The first kappa shape index (κ1) is 28.1. The normalized spacial score (nSPS) is 27.4. The summed E-state index contributed by atoms with van der Waals surface area (Å²) in [7, 11) is 0. The highest BCUT2D eigenvalue weighted by Crippen LogP contribution is 2.49. The maximum absolute atomic E-state index is 15.1. The second kappa shape index (κ2) is 11.4. The van der Waals surface area contributed by atoms with E-state index < -0.39 is 60.2 Å². The highest BCUT2D eigenvalue weighted by atomic mass is 35.5. The van der Waals surface area contributed by atoms with E-state index in [9.17, 15) is 19.6 Å². The monoisotopic (exact) mass is 549 g/mol. The summed E-state index contributed by atoms with van der Waals surface area (Å²) in [4.78, 5) is 40.9. The first-order chi connectivity index (χ1) is 18.0. The summed E-state index contributed by atoms with van der Waals surface area (Å²) < 4.78 is 30.2. The molecule has 1 saturated carbocycles. The molecule has 0 unspecified atom stereocenters. The summed E-state index contributed by atoms with van der Waals surface area (Å²) in [6.07, 6.45) is 1.04. The van der Waals surface area contributed by atoms with Gasteiger partial charge < -0.3 is 20.9 Å². The van der Waals surface area contributed by atoms with Crippen molar-refractivity contribution in [3.05, 3.63) is 29.3 Å². The van der Waals surface area contributed by atoms with Crippen molar-refractivity contribution < 1.29 is 23.2 Å². The standard InChI is InChI=1S/C27H34ClF2N5O3/c1-15(2)10-22(33-18-5-3-4-17(28)12-18)26(38)35-20-6-7-21(27(29,30)13-20)23(35)25(37)34-19(14-31)11-16-8-9-32-24(16)36/h3-5,12,15-16,19-23,33H,6-11,13H2,1-2H3,(H,32,36)(H,34,37)/t16-,19-,20-,21-,22+,23-/m0/s1. The van der Waals surface area contributed by atoms with Gasteiger partial charge in [-0.1, -0.05) is 31.5 Å². The number of halogens is 3. The highest BCUT2D eigenvalue weighted by molar-refractivity contribution is 6.30. The zero-order chi connectivity index (χ0) is 27.6. The number of hydrogen-bond donors (Lipinski definition) is 3. The smallest absolute Gasteiger partial charge is 0.255 e. The molecule has 0 spiro atoms. The quantitative estimate of drug-likeness (QED) is 0.434. The number of alkyl halides is 2. The number of carbonyl (C=O) groups is 3. The molecule has 3 heterocycles. The van der Waals surface area contributed by atoms with Crippen LogP contribution in [-0.4, -0.2) is 59.3 Å². The van der Waals surface area contributed by atoms with Crippen LogP contribution in [-0.2, 0) is 14.4 Å². The van der Waals surface area contributed by atoms with E-state index in [2.05, 4.69) is 16.0 Å². The molecule has 206 valence electrons. The summed E-state index contributed by atoms with van der Waals surface area (Å²) >= 11 is 6.12. The van der Waals surface area contributed by atoms with Crippen LogP contribution in [0.4, 0.5) is 14.5 Å². The molecule has 1 aliphatic carbocycles. The molecule has 3 aliphatic heterocycles. The number of nitrogens with one attached hydrogen (secondary N) is 3. The summed E-state index contributed by atoms with van der Waals surface area (Å²) in [5, 5.41) is 18.6. The lowest BCUT2D eigenvalue weighted by atomic mass is 9.71. The minimum absolute atomic E-state index is 0.0888. The molecule has 8 nitrogen and oxygen atoms in total. The van der Waals surface area contributed by atoms with Crippen LogP contribution in [0, 0.1) is 29.1 Å². The number of anilines is 1. The van der Waals surface area contributed by atoms with Gasteiger partial charge in [0.2, 0.25) is 17.7 Å². The van der Waals surface area contributed by atoms with E-state index in [0.717, 1.165) is 0 Å². The van der Waals surface area contributed by atoms with E-state index in [1.807, 2.05) is 19.9 Å². The molecule has 0 radical (unpaired) electrons. The molecular weight excluding hydrogens is 516 g/mol. The summed E-state index contributed by atoms with van der Waals surface area (Å²) in [5.41, 5.74) is 0.615. The molecule has 38 heavy (non-hydrogen) atoms. The Hall–Kier alpha value is -2.93. The van der Waals surface area contributed by atoms with Crippen molar-refractivity contribution in [3.8, 4) is 6.07 Å². The molecule has 11 heteroatoms. The van der Waals surface area contributed by atoms with Crippen LogP contribution in [0.15, 0.2) is 24.3 Å². The Bertz CT molecular complexity index is 1110. The summed E-state index contributed by atoms with van der Waals surface area (Å²) in [6.45, 7) is 4.40. The highest BCUT2D eigenvalue weighted by Gasteiger charge is 2.61. The number of rotatable bonds is 9. The molecular formula is C27H34ClF2N5O3.